The predicted octanol–water partition coefficient (Wildman–Crippen LogP) is 4.81. The van der Waals surface area contributed by atoms with Gasteiger partial charge < -0.3 is 0 Å². The van der Waals surface area contributed by atoms with E-state index in [9.17, 15) is 0 Å². The Hall–Kier alpha value is -1.55. The van der Waals surface area contributed by atoms with Crippen molar-refractivity contribution in [2.24, 2.45) is 0 Å². The van der Waals surface area contributed by atoms with Crippen LogP contribution in [0.5, 0.6) is 0 Å². The molecule has 0 aliphatic carbocycles. The lowest BCUT2D eigenvalue weighted by Crippen LogP contribution is -1.70. The molecule has 1 aromatic rings. The summed E-state index contributed by atoms with van der Waals surface area (Å²) in [5.74, 6) is 0. The fourth-order valence-electron chi connectivity index (χ4n) is 0.701. The van der Waals surface area contributed by atoms with Gasteiger partial charge in [-0.05, 0) is 27.7 Å². The van der Waals surface area contributed by atoms with Crippen LogP contribution in [-0.4, -0.2) is 0 Å². The van der Waals surface area contributed by atoms with E-state index in [-0.39, 0.29) is 0 Å². The van der Waals surface area contributed by atoms with Crippen molar-refractivity contribution in [2.75, 3.05) is 0 Å². The van der Waals surface area contributed by atoms with Crippen molar-refractivity contribution in [2.45, 2.75) is 41.5 Å². The Balaban J connectivity index is 0. The molecule has 0 radical (unpaired) electrons. The zero-order valence-electron chi connectivity index (χ0n) is 11.3. The van der Waals surface area contributed by atoms with Gasteiger partial charge in [-0.1, -0.05) is 55.3 Å². The van der Waals surface area contributed by atoms with Crippen molar-refractivity contribution in [3.05, 3.63) is 47.0 Å². The van der Waals surface area contributed by atoms with E-state index in [1.54, 1.807) is 13.0 Å². The molecule has 0 amide bonds. The van der Waals surface area contributed by atoms with Gasteiger partial charge in [0, 0.05) is 5.57 Å². The topological polar surface area (TPSA) is 23.8 Å². The molecule has 1 heteroatoms. The van der Waals surface area contributed by atoms with E-state index in [2.05, 4.69) is 38.1 Å². The molecule has 1 aromatic carbocycles. The zero-order valence-corrected chi connectivity index (χ0v) is 11.3. The second-order valence-corrected chi connectivity index (χ2v) is 3.24. The first-order valence-electron chi connectivity index (χ1n) is 5.66. The summed E-state index contributed by atoms with van der Waals surface area (Å²) in [6.07, 6.45) is 1.78. The number of allylic oxidation sites excluding steroid dienone is 2. The van der Waals surface area contributed by atoms with Crippen LogP contribution in [0.2, 0.25) is 0 Å². The van der Waals surface area contributed by atoms with E-state index in [1.807, 2.05) is 26.8 Å². The number of nitriles is 1. The zero-order chi connectivity index (χ0) is 13.0. The molecule has 0 saturated heterocycles. The lowest BCUT2D eigenvalue weighted by atomic mass is 10.2. The van der Waals surface area contributed by atoms with E-state index in [0.29, 0.717) is 0 Å². The minimum atomic E-state index is 0.773. The maximum atomic E-state index is 8.02. The Bertz CT molecular complexity index is 304. The Morgan fingerprint density at radius 3 is 1.50 bits per heavy atom. The number of benzene rings is 1. The molecule has 0 atom stereocenters. The summed E-state index contributed by atoms with van der Waals surface area (Å²) < 4.78 is 0. The third kappa shape index (κ3) is 10.5. The third-order valence-electron chi connectivity index (χ3n) is 1.83. The highest BCUT2D eigenvalue weighted by molar-refractivity contribution is 5.19. The van der Waals surface area contributed by atoms with Gasteiger partial charge in [0.2, 0.25) is 0 Å². The van der Waals surface area contributed by atoms with Gasteiger partial charge in [-0.25, -0.2) is 0 Å². The second-order valence-electron chi connectivity index (χ2n) is 3.24. The highest BCUT2D eigenvalue weighted by Gasteiger charge is 1.79. The van der Waals surface area contributed by atoms with Gasteiger partial charge in [0.25, 0.3) is 0 Å². The third-order valence-corrected chi connectivity index (χ3v) is 1.83. The molecule has 0 aliphatic rings. The number of hydrogen-bond acceptors (Lipinski definition) is 1. The monoisotopic (exact) mass is 217 g/mol. The van der Waals surface area contributed by atoms with Gasteiger partial charge in [0.05, 0.1) is 6.07 Å². The Morgan fingerprint density at radius 1 is 1.06 bits per heavy atom. The molecular weight excluding hydrogens is 194 g/mol. The number of rotatable bonds is 0. The highest BCUT2D eigenvalue weighted by atomic mass is 14.2. The van der Waals surface area contributed by atoms with Crippen molar-refractivity contribution >= 4 is 0 Å². The average Bonchev–Trinajstić information content (AvgIpc) is 2.35. The molecule has 0 heterocycles. The summed E-state index contributed by atoms with van der Waals surface area (Å²) in [5.41, 5.74) is 3.43. The van der Waals surface area contributed by atoms with Gasteiger partial charge >= 0.3 is 0 Å². The average molecular weight is 217 g/mol. The van der Waals surface area contributed by atoms with Gasteiger partial charge in [-0.15, -0.1) is 0 Å². The minimum absolute atomic E-state index is 0.773. The maximum absolute atomic E-state index is 8.02. The lowest BCUT2D eigenvalue weighted by molar-refractivity contribution is 1.40. The highest BCUT2D eigenvalue weighted by Crippen LogP contribution is 1.99. The van der Waals surface area contributed by atoms with E-state index in [4.69, 9.17) is 5.26 Å². The summed E-state index contributed by atoms with van der Waals surface area (Å²) >= 11 is 0. The van der Waals surface area contributed by atoms with Crippen LogP contribution in [0.25, 0.3) is 0 Å². The van der Waals surface area contributed by atoms with Crippen molar-refractivity contribution in [3.63, 3.8) is 0 Å². The molecule has 0 saturated carbocycles. The molecule has 0 N–H and O–H groups in total. The van der Waals surface area contributed by atoms with Crippen LogP contribution in [0.3, 0.4) is 0 Å². The van der Waals surface area contributed by atoms with Crippen LogP contribution >= 0.6 is 0 Å². The molecule has 0 fully saturated rings. The predicted molar refractivity (Wildman–Crippen MR) is 72.3 cm³/mol. The second kappa shape index (κ2) is 11.5. The molecule has 0 aliphatic heterocycles. The standard InChI is InChI=1S/C8H10.C5H7N.C2H6/c1-7-3-5-8(2)6-4-7;1-3-5(2)4-6;1-2/h3-6H,1-2H3;3H,1-2H3;1-2H3/b;5-3+;. The first-order chi connectivity index (χ1) is 7.60. The summed E-state index contributed by atoms with van der Waals surface area (Å²) in [4.78, 5) is 0. The molecule has 0 bridgehead atoms. The Morgan fingerprint density at radius 2 is 1.38 bits per heavy atom. The molecule has 0 spiro atoms. The summed E-state index contributed by atoms with van der Waals surface area (Å²) in [7, 11) is 0. The number of nitrogens with zero attached hydrogens (tertiary/aromatic N) is 1. The molecule has 0 unspecified atom stereocenters. The van der Waals surface area contributed by atoms with Crippen molar-refractivity contribution in [1.29, 1.82) is 5.26 Å². The normalized spacial score (nSPS) is 8.94. The smallest absolute Gasteiger partial charge is 0.0940 e. The Kier molecular flexibility index (Phi) is 12.1. The number of hydrogen-bond donors (Lipinski definition) is 0. The van der Waals surface area contributed by atoms with Crippen LogP contribution in [0, 0.1) is 25.2 Å². The number of aryl methyl sites for hydroxylation is 2. The molecular formula is C15H23N. The quantitative estimate of drug-likeness (QED) is 0.572. The molecule has 0 aromatic heterocycles. The van der Waals surface area contributed by atoms with Gasteiger partial charge in [-0.3, -0.25) is 0 Å². The maximum Gasteiger partial charge on any atom is 0.0940 e. The minimum Gasteiger partial charge on any atom is -0.193 e. The molecule has 1 nitrogen and oxygen atoms in total. The summed E-state index contributed by atoms with van der Waals surface area (Å²) in [5, 5.41) is 8.02. The lowest BCUT2D eigenvalue weighted by Gasteiger charge is -1.90. The van der Waals surface area contributed by atoms with Gasteiger partial charge in [-0.2, -0.15) is 5.26 Å². The fourth-order valence-corrected chi connectivity index (χ4v) is 0.701. The SMILES string of the molecule is C/C=C(\C)C#N.CC.Cc1ccc(C)cc1. The van der Waals surface area contributed by atoms with Crippen LogP contribution in [-0.2, 0) is 0 Å². The van der Waals surface area contributed by atoms with E-state index in [0.717, 1.165) is 5.57 Å². The van der Waals surface area contributed by atoms with E-state index < -0.39 is 0 Å². The van der Waals surface area contributed by atoms with Crippen molar-refractivity contribution in [3.8, 4) is 6.07 Å². The molecule has 1 rings (SSSR count). The fraction of sp³-hybridized carbons (Fsp3) is 0.400. The largest absolute Gasteiger partial charge is 0.193 e. The van der Waals surface area contributed by atoms with Gasteiger partial charge in [0.15, 0.2) is 0 Å². The molecule has 88 valence electrons. The Labute approximate surface area is 100 Å². The van der Waals surface area contributed by atoms with Crippen LogP contribution < -0.4 is 0 Å². The van der Waals surface area contributed by atoms with Crippen molar-refractivity contribution in [1.82, 2.24) is 0 Å². The van der Waals surface area contributed by atoms with Gasteiger partial charge in [0.1, 0.15) is 0 Å². The van der Waals surface area contributed by atoms with E-state index in [1.165, 1.54) is 11.1 Å². The first kappa shape index (κ1) is 16.9. The van der Waals surface area contributed by atoms with Crippen LogP contribution in [0.4, 0.5) is 0 Å². The van der Waals surface area contributed by atoms with Crippen molar-refractivity contribution < 1.29 is 0 Å². The van der Waals surface area contributed by atoms with E-state index >= 15 is 0 Å². The first-order valence-corrected chi connectivity index (χ1v) is 5.66. The summed E-state index contributed by atoms with van der Waals surface area (Å²) in [6.45, 7) is 11.8. The summed E-state index contributed by atoms with van der Waals surface area (Å²) in [6, 6.07) is 10.5. The van der Waals surface area contributed by atoms with Crippen LogP contribution in [0.15, 0.2) is 35.9 Å². The van der Waals surface area contributed by atoms with Crippen LogP contribution in [0.1, 0.15) is 38.8 Å². The molecule has 16 heavy (non-hydrogen) atoms.